The van der Waals surface area contributed by atoms with Crippen molar-refractivity contribution in [1.82, 2.24) is 0 Å². The summed E-state index contributed by atoms with van der Waals surface area (Å²) in [6.45, 7) is 11.8. The van der Waals surface area contributed by atoms with Crippen LogP contribution in [-0.2, 0) is 0 Å². The second kappa shape index (κ2) is 10.0. The molecule has 0 aromatic carbocycles. The smallest absolute Gasteiger partial charge is 0.0611 e. The summed E-state index contributed by atoms with van der Waals surface area (Å²) in [6, 6.07) is 0. The Morgan fingerprint density at radius 1 is 1.43 bits per heavy atom. The highest BCUT2D eigenvalue weighted by molar-refractivity contribution is 6.07. The maximum atomic E-state index is 5.83. The van der Waals surface area contributed by atoms with Crippen LogP contribution in [0, 0.1) is 0 Å². The average molecular weight is 196 g/mol. The molecule has 0 saturated carbocycles. The highest BCUT2D eigenvalue weighted by Crippen LogP contribution is 2.07. The molecule has 82 valence electrons. The van der Waals surface area contributed by atoms with E-state index in [0.717, 1.165) is 29.8 Å². The van der Waals surface area contributed by atoms with Crippen LogP contribution in [0.5, 0.6) is 0 Å². The molecule has 0 bridgehead atoms. The lowest BCUT2D eigenvalue weighted by atomic mass is 10.1. The quantitative estimate of drug-likeness (QED) is 0.688. The van der Waals surface area contributed by atoms with Gasteiger partial charge in [0.2, 0.25) is 0 Å². The maximum absolute atomic E-state index is 5.83. The first-order chi connectivity index (χ1) is 6.67. The first-order valence-corrected chi connectivity index (χ1v) is 5.22. The molecule has 0 atom stereocenters. The Bertz CT molecular complexity index is 212. The van der Waals surface area contributed by atoms with Gasteiger partial charge in [-0.05, 0) is 25.0 Å². The summed E-state index contributed by atoms with van der Waals surface area (Å²) >= 11 is 0. The molecule has 0 aliphatic rings. The molecule has 0 radical (unpaired) electrons. The van der Waals surface area contributed by atoms with E-state index in [2.05, 4.69) is 18.5 Å². The topological polar surface area (TPSA) is 38.4 Å². The van der Waals surface area contributed by atoms with Crippen molar-refractivity contribution in [2.75, 3.05) is 7.05 Å². The fraction of sp³-hybridized carbons (Fsp3) is 0.583. The van der Waals surface area contributed by atoms with Gasteiger partial charge in [0.05, 0.1) is 5.71 Å². The summed E-state index contributed by atoms with van der Waals surface area (Å²) in [6.07, 6.45) is 3.73. The molecule has 2 heteroatoms. The standard InChI is InChI=1S/C10H18N2.C2H6/c1-5-7-9(11)8(3)10(6-2)12-4;1-2/h6H,2,5,7,11H2,1,3-4H3;1-2H3/b9-8-,12-10?;. The molecule has 2 nitrogen and oxygen atoms in total. The minimum Gasteiger partial charge on any atom is -0.402 e. The van der Waals surface area contributed by atoms with Gasteiger partial charge in [-0.25, -0.2) is 0 Å². The van der Waals surface area contributed by atoms with E-state index in [1.54, 1.807) is 13.1 Å². The van der Waals surface area contributed by atoms with Crippen LogP contribution in [0.15, 0.2) is 28.9 Å². The number of nitrogens with zero attached hydrogens (tertiary/aromatic N) is 1. The highest BCUT2D eigenvalue weighted by atomic mass is 14.7. The average Bonchev–Trinajstić information content (AvgIpc) is 2.23. The fourth-order valence-electron chi connectivity index (χ4n) is 1.03. The molecule has 0 fully saturated rings. The summed E-state index contributed by atoms with van der Waals surface area (Å²) in [7, 11) is 1.75. The van der Waals surface area contributed by atoms with Crippen molar-refractivity contribution in [2.45, 2.75) is 40.5 Å². The van der Waals surface area contributed by atoms with Crippen LogP contribution in [0.4, 0.5) is 0 Å². The van der Waals surface area contributed by atoms with Gasteiger partial charge in [0.15, 0.2) is 0 Å². The second-order valence-electron chi connectivity index (χ2n) is 2.71. The normalized spacial score (nSPS) is 12.5. The van der Waals surface area contributed by atoms with Gasteiger partial charge in [0.25, 0.3) is 0 Å². The van der Waals surface area contributed by atoms with E-state index in [9.17, 15) is 0 Å². The summed E-state index contributed by atoms with van der Waals surface area (Å²) in [5, 5.41) is 0. The molecule has 2 N–H and O–H groups in total. The molecule has 0 unspecified atom stereocenters. The van der Waals surface area contributed by atoms with Crippen molar-refractivity contribution in [3.8, 4) is 0 Å². The first-order valence-electron chi connectivity index (χ1n) is 5.22. The molecule has 0 spiro atoms. The zero-order valence-corrected chi connectivity index (χ0v) is 10.2. The molecule has 0 rings (SSSR count). The lowest BCUT2D eigenvalue weighted by Gasteiger charge is -2.05. The largest absolute Gasteiger partial charge is 0.402 e. The van der Waals surface area contributed by atoms with Crippen molar-refractivity contribution < 1.29 is 0 Å². The molecular weight excluding hydrogens is 172 g/mol. The lowest BCUT2D eigenvalue weighted by molar-refractivity contribution is 0.885. The van der Waals surface area contributed by atoms with Gasteiger partial charge >= 0.3 is 0 Å². The Morgan fingerprint density at radius 3 is 2.21 bits per heavy atom. The first kappa shape index (κ1) is 15.4. The van der Waals surface area contributed by atoms with Crippen molar-refractivity contribution in [1.29, 1.82) is 0 Å². The van der Waals surface area contributed by atoms with Gasteiger partial charge in [-0.2, -0.15) is 0 Å². The Hall–Kier alpha value is -1.05. The summed E-state index contributed by atoms with van der Waals surface area (Å²) in [4.78, 5) is 4.07. The van der Waals surface area contributed by atoms with Crippen LogP contribution in [0.2, 0.25) is 0 Å². The third-order valence-corrected chi connectivity index (χ3v) is 1.82. The van der Waals surface area contributed by atoms with E-state index in [0.29, 0.717) is 0 Å². The van der Waals surface area contributed by atoms with Gasteiger partial charge < -0.3 is 5.73 Å². The number of hydrogen-bond donors (Lipinski definition) is 1. The van der Waals surface area contributed by atoms with Crippen molar-refractivity contribution >= 4 is 5.71 Å². The van der Waals surface area contributed by atoms with Crippen LogP contribution in [-0.4, -0.2) is 12.8 Å². The molecule has 0 amide bonds. The predicted octanol–water partition coefficient (Wildman–Crippen LogP) is 3.30. The molecule has 0 heterocycles. The van der Waals surface area contributed by atoms with Crippen LogP contribution in [0.1, 0.15) is 40.5 Å². The third-order valence-electron chi connectivity index (χ3n) is 1.82. The number of allylic oxidation sites excluding steroid dienone is 3. The van der Waals surface area contributed by atoms with E-state index in [1.165, 1.54) is 0 Å². The number of hydrogen-bond acceptors (Lipinski definition) is 2. The van der Waals surface area contributed by atoms with E-state index < -0.39 is 0 Å². The highest BCUT2D eigenvalue weighted by Gasteiger charge is 2.00. The number of rotatable bonds is 4. The van der Waals surface area contributed by atoms with E-state index in [-0.39, 0.29) is 0 Å². The molecular formula is C12H24N2. The zero-order chi connectivity index (χ0) is 11.6. The van der Waals surface area contributed by atoms with Gasteiger partial charge in [-0.15, -0.1) is 0 Å². The second-order valence-corrected chi connectivity index (χ2v) is 2.71. The third kappa shape index (κ3) is 5.57. The monoisotopic (exact) mass is 196 g/mol. The summed E-state index contributed by atoms with van der Waals surface area (Å²) < 4.78 is 0. The van der Waals surface area contributed by atoms with Crippen LogP contribution in [0.25, 0.3) is 0 Å². The van der Waals surface area contributed by atoms with E-state index in [1.807, 2.05) is 20.8 Å². The van der Waals surface area contributed by atoms with Crippen LogP contribution >= 0.6 is 0 Å². The predicted molar refractivity (Wildman–Crippen MR) is 66.7 cm³/mol. The van der Waals surface area contributed by atoms with Crippen molar-refractivity contribution in [3.05, 3.63) is 23.9 Å². The number of aliphatic imine (C=N–C) groups is 1. The number of nitrogens with two attached hydrogens (primary N) is 1. The van der Waals surface area contributed by atoms with Gasteiger partial charge in [0.1, 0.15) is 0 Å². The minimum absolute atomic E-state index is 0.890. The molecule has 0 aliphatic heterocycles. The molecule has 0 saturated heterocycles. The van der Waals surface area contributed by atoms with E-state index in [4.69, 9.17) is 5.73 Å². The SMILES string of the molecule is C=CC(=NC)/C(C)=C(\N)CCC.CC. The summed E-state index contributed by atoms with van der Waals surface area (Å²) in [5.74, 6) is 0. The van der Waals surface area contributed by atoms with Crippen molar-refractivity contribution in [3.63, 3.8) is 0 Å². The molecule has 14 heavy (non-hydrogen) atoms. The Morgan fingerprint density at radius 2 is 1.93 bits per heavy atom. The van der Waals surface area contributed by atoms with Crippen molar-refractivity contribution in [2.24, 2.45) is 10.7 Å². The Balaban J connectivity index is 0. The zero-order valence-electron chi connectivity index (χ0n) is 10.2. The van der Waals surface area contributed by atoms with Crippen LogP contribution < -0.4 is 5.73 Å². The van der Waals surface area contributed by atoms with Gasteiger partial charge in [-0.1, -0.05) is 33.8 Å². The fourth-order valence-corrected chi connectivity index (χ4v) is 1.03. The van der Waals surface area contributed by atoms with Gasteiger partial charge in [0, 0.05) is 12.7 Å². The molecule has 0 aliphatic carbocycles. The van der Waals surface area contributed by atoms with Gasteiger partial charge in [-0.3, -0.25) is 4.99 Å². The Labute approximate surface area is 88.6 Å². The van der Waals surface area contributed by atoms with Crippen LogP contribution in [0.3, 0.4) is 0 Å². The lowest BCUT2D eigenvalue weighted by Crippen LogP contribution is -2.06. The summed E-state index contributed by atoms with van der Waals surface area (Å²) in [5.41, 5.74) is 8.69. The maximum Gasteiger partial charge on any atom is 0.0611 e. The van der Waals surface area contributed by atoms with E-state index >= 15 is 0 Å². The molecule has 0 aromatic heterocycles. The minimum atomic E-state index is 0.890. The Kier molecular flexibility index (Phi) is 11.1. The molecule has 0 aromatic rings.